The van der Waals surface area contributed by atoms with Crippen LogP contribution in [0.25, 0.3) is 17.0 Å². The molecule has 21 heavy (non-hydrogen) atoms. The first-order chi connectivity index (χ1) is 10.2. The van der Waals surface area contributed by atoms with Gasteiger partial charge in [-0.05, 0) is 42.8 Å². The molecule has 0 saturated heterocycles. The molecule has 102 valence electrons. The second-order valence-corrected chi connectivity index (χ2v) is 5.02. The topological polar surface area (TPSA) is 30.0 Å². The fraction of sp³-hybridized carbons (Fsp3) is 0.0526. The van der Waals surface area contributed by atoms with Gasteiger partial charge in [-0.25, -0.2) is 0 Å². The molecule has 0 aliphatic rings. The molecule has 3 rings (SSSR count). The maximum Gasteiger partial charge on any atom is 0.185 e. The summed E-state index contributed by atoms with van der Waals surface area (Å²) in [6, 6.07) is 17.5. The fourth-order valence-corrected chi connectivity index (χ4v) is 2.26. The van der Waals surface area contributed by atoms with E-state index in [-0.39, 0.29) is 5.78 Å². The number of carbonyl (C=O) groups excluding carboxylic acids is 1. The lowest BCUT2D eigenvalue weighted by atomic mass is 10.1. The molecule has 2 aromatic carbocycles. The van der Waals surface area contributed by atoms with Crippen LogP contribution in [-0.2, 0) is 0 Å². The smallest absolute Gasteiger partial charge is 0.185 e. The minimum atomic E-state index is 0.0185. The van der Waals surface area contributed by atoms with E-state index in [1.165, 1.54) is 0 Å². The van der Waals surface area contributed by atoms with E-state index in [1.54, 1.807) is 12.3 Å². The first-order valence-electron chi connectivity index (χ1n) is 6.86. The second kappa shape index (κ2) is 5.71. The predicted molar refractivity (Wildman–Crippen MR) is 86.3 cm³/mol. The highest BCUT2D eigenvalue weighted by Crippen LogP contribution is 2.15. The van der Waals surface area contributed by atoms with Crippen molar-refractivity contribution in [3.8, 4) is 0 Å². The summed E-state index contributed by atoms with van der Waals surface area (Å²) in [5.74, 6) is 0.0185. The van der Waals surface area contributed by atoms with Crippen molar-refractivity contribution < 1.29 is 4.79 Å². The Hall–Kier alpha value is -2.74. The van der Waals surface area contributed by atoms with Crippen LogP contribution in [0.1, 0.15) is 21.5 Å². The lowest BCUT2D eigenvalue weighted by Gasteiger charge is -1.99. The fourth-order valence-electron chi connectivity index (χ4n) is 2.26. The van der Waals surface area contributed by atoms with Crippen LogP contribution in [0.5, 0.6) is 0 Å². The largest absolute Gasteiger partial charge is 0.289 e. The molecule has 0 unspecified atom stereocenters. The van der Waals surface area contributed by atoms with E-state index in [9.17, 15) is 4.79 Å². The maximum atomic E-state index is 12.1. The minimum absolute atomic E-state index is 0.0185. The number of carbonyl (C=O) groups is 1. The van der Waals surface area contributed by atoms with Crippen molar-refractivity contribution in [2.75, 3.05) is 0 Å². The van der Waals surface area contributed by atoms with Gasteiger partial charge in [-0.1, -0.05) is 42.0 Å². The van der Waals surface area contributed by atoms with Crippen molar-refractivity contribution in [3.05, 3.63) is 83.6 Å². The van der Waals surface area contributed by atoms with Gasteiger partial charge in [-0.2, -0.15) is 0 Å². The molecule has 1 heterocycles. The molecular formula is C19H15NO. The van der Waals surface area contributed by atoms with E-state index in [2.05, 4.69) is 4.98 Å². The van der Waals surface area contributed by atoms with Gasteiger partial charge < -0.3 is 0 Å². The summed E-state index contributed by atoms with van der Waals surface area (Å²) in [5.41, 5.74) is 3.76. The van der Waals surface area contributed by atoms with Crippen LogP contribution in [0, 0.1) is 6.92 Å². The van der Waals surface area contributed by atoms with Gasteiger partial charge in [0.25, 0.3) is 0 Å². The molecule has 0 amide bonds. The number of allylic oxidation sites excluding steroid dienone is 1. The van der Waals surface area contributed by atoms with E-state index in [4.69, 9.17) is 0 Å². The molecule has 0 spiro atoms. The van der Waals surface area contributed by atoms with E-state index < -0.39 is 0 Å². The molecule has 0 radical (unpaired) electrons. The Morgan fingerprint density at radius 2 is 1.95 bits per heavy atom. The molecule has 2 nitrogen and oxygen atoms in total. The van der Waals surface area contributed by atoms with Crippen molar-refractivity contribution in [2.45, 2.75) is 6.92 Å². The molecule has 0 N–H and O–H groups in total. The predicted octanol–water partition coefficient (Wildman–Crippen LogP) is 4.44. The van der Waals surface area contributed by atoms with Gasteiger partial charge >= 0.3 is 0 Å². The van der Waals surface area contributed by atoms with Crippen molar-refractivity contribution in [1.82, 2.24) is 4.98 Å². The quantitative estimate of drug-likeness (QED) is 0.521. The molecule has 1 aromatic heterocycles. The van der Waals surface area contributed by atoms with Crippen LogP contribution >= 0.6 is 0 Å². The summed E-state index contributed by atoms with van der Waals surface area (Å²) in [5, 5.41) is 1.07. The number of benzene rings is 2. The molecule has 0 saturated carbocycles. The molecule has 0 atom stereocenters. The Kier molecular flexibility index (Phi) is 3.61. The zero-order valence-corrected chi connectivity index (χ0v) is 11.8. The number of hydrogen-bond donors (Lipinski definition) is 0. The zero-order chi connectivity index (χ0) is 14.7. The van der Waals surface area contributed by atoms with Crippen LogP contribution < -0.4 is 0 Å². The third-order valence-corrected chi connectivity index (χ3v) is 3.36. The molecule has 0 aliphatic heterocycles. The SMILES string of the molecule is Cc1cccc(C(=O)/C=C/c2ccc3ncccc3c2)c1. The Labute approximate surface area is 123 Å². The van der Waals surface area contributed by atoms with Gasteiger partial charge in [0.15, 0.2) is 5.78 Å². The van der Waals surface area contributed by atoms with Crippen molar-refractivity contribution in [2.24, 2.45) is 0 Å². The van der Waals surface area contributed by atoms with Gasteiger partial charge in [-0.15, -0.1) is 0 Å². The molecule has 0 aliphatic carbocycles. The highest BCUT2D eigenvalue weighted by Gasteiger charge is 2.01. The second-order valence-electron chi connectivity index (χ2n) is 5.02. The number of ketones is 1. The zero-order valence-electron chi connectivity index (χ0n) is 11.8. The number of nitrogens with zero attached hydrogens (tertiary/aromatic N) is 1. The van der Waals surface area contributed by atoms with Crippen molar-refractivity contribution in [3.63, 3.8) is 0 Å². The number of aryl methyl sites for hydroxylation is 1. The molecule has 0 fully saturated rings. The summed E-state index contributed by atoms with van der Waals surface area (Å²) in [6.45, 7) is 1.98. The maximum absolute atomic E-state index is 12.1. The first kappa shape index (κ1) is 13.3. The van der Waals surface area contributed by atoms with Crippen molar-refractivity contribution in [1.29, 1.82) is 0 Å². The first-order valence-corrected chi connectivity index (χ1v) is 6.86. The van der Waals surface area contributed by atoms with E-state index in [1.807, 2.05) is 67.6 Å². The Morgan fingerprint density at radius 3 is 2.81 bits per heavy atom. The monoisotopic (exact) mass is 273 g/mol. The Morgan fingerprint density at radius 1 is 1.05 bits per heavy atom. The molecular weight excluding hydrogens is 258 g/mol. The number of rotatable bonds is 3. The van der Waals surface area contributed by atoms with Gasteiger partial charge in [0.2, 0.25) is 0 Å². The van der Waals surface area contributed by atoms with E-state index in [0.717, 1.165) is 22.0 Å². The molecule has 2 heteroatoms. The number of pyridine rings is 1. The number of fused-ring (bicyclic) bond motifs is 1. The normalized spacial score (nSPS) is 11.1. The standard InChI is InChI=1S/C19H15NO/c1-14-4-2-5-17(12-14)19(21)10-8-15-7-9-18-16(13-15)6-3-11-20-18/h2-13H,1H3/b10-8+. The Bertz CT molecular complexity index is 834. The lowest BCUT2D eigenvalue weighted by molar-refractivity contribution is 0.104. The van der Waals surface area contributed by atoms with Crippen molar-refractivity contribution >= 4 is 22.8 Å². The Balaban J connectivity index is 1.85. The van der Waals surface area contributed by atoms with Gasteiger partial charge in [0.1, 0.15) is 0 Å². The van der Waals surface area contributed by atoms with Crippen LogP contribution in [0.4, 0.5) is 0 Å². The van der Waals surface area contributed by atoms with Gasteiger partial charge in [0.05, 0.1) is 5.52 Å². The van der Waals surface area contributed by atoms with Crippen LogP contribution in [0.2, 0.25) is 0 Å². The molecule has 3 aromatic rings. The average Bonchev–Trinajstić information content (AvgIpc) is 2.52. The summed E-state index contributed by atoms with van der Waals surface area (Å²) in [4.78, 5) is 16.4. The van der Waals surface area contributed by atoms with E-state index >= 15 is 0 Å². The van der Waals surface area contributed by atoms with Crippen LogP contribution in [-0.4, -0.2) is 10.8 Å². The van der Waals surface area contributed by atoms with Gasteiger partial charge in [-0.3, -0.25) is 9.78 Å². The number of hydrogen-bond acceptors (Lipinski definition) is 2. The minimum Gasteiger partial charge on any atom is -0.289 e. The molecule has 0 bridgehead atoms. The van der Waals surface area contributed by atoms with Gasteiger partial charge in [0, 0.05) is 17.1 Å². The number of aromatic nitrogens is 1. The summed E-state index contributed by atoms with van der Waals surface area (Å²) in [7, 11) is 0. The third-order valence-electron chi connectivity index (χ3n) is 3.36. The highest BCUT2D eigenvalue weighted by molar-refractivity contribution is 6.07. The summed E-state index contributed by atoms with van der Waals surface area (Å²) < 4.78 is 0. The van der Waals surface area contributed by atoms with E-state index in [0.29, 0.717) is 5.56 Å². The van der Waals surface area contributed by atoms with Crippen LogP contribution in [0.15, 0.2) is 66.9 Å². The lowest BCUT2D eigenvalue weighted by Crippen LogP contribution is -1.94. The van der Waals surface area contributed by atoms with Crippen LogP contribution in [0.3, 0.4) is 0 Å². The third kappa shape index (κ3) is 3.06. The summed E-state index contributed by atoms with van der Waals surface area (Å²) >= 11 is 0. The summed E-state index contributed by atoms with van der Waals surface area (Å²) in [6.07, 6.45) is 5.24. The average molecular weight is 273 g/mol. The highest BCUT2D eigenvalue weighted by atomic mass is 16.1.